The van der Waals surface area contributed by atoms with Crippen molar-refractivity contribution >= 4 is 11.7 Å². The van der Waals surface area contributed by atoms with E-state index in [4.69, 9.17) is 0 Å². The highest BCUT2D eigenvalue weighted by atomic mass is 19.1. The summed E-state index contributed by atoms with van der Waals surface area (Å²) >= 11 is 0. The highest BCUT2D eigenvalue weighted by Gasteiger charge is 2.42. The Morgan fingerprint density at radius 3 is 2.86 bits per heavy atom. The summed E-state index contributed by atoms with van der Waals surface area (Å²) in [7, 11) is 1.68. The van der Waals surface area contributed by atoms with Gasteiger partial charge in [0.15, 0.2) is 0 Å². The first-order chi connectivity index (χ1) is 10.1. The molecule has 4 nitrogen and oxygen atoms in total. The van der Waals surface area contributed by atoms with Crippen molar-refractivity contribution in [2.24, 2.45) is 17.8 Å². The minimum Gasteiger partial charge on any atom is -0.372 e. The van der Waals surface area contributed by atoms with Gasteiger partial charge in [-0.05, 0) is 50.0 Å². The van der Waals surface area contributed by atoms with Crippen LogP contribution in [0.4, 0.5) is 10.2 Å². The van der Waals surface area contributed by atoms with Crippen LogP contribution in [-0.4, -0.2) is 24.0 Å². The summed E-state index contributed by atoms with van der Waals surface area (Å²) in [6.45, 7) is 2.06. The summed E-state index contributed by atoms with van der Waals surface area (Å²) in [5.74, 6) is 1.83. The molecule has 1 aromatic heterocycles. The fourth-order valence-corrected chi connectivity index (χ4v) is 4.11. The minimum absolute atomic E-state index is 0.126. The second-order valence-electron chi connectivity index (χ2n) is 6.40. The van der Waals surface area contributed by atoms with E-state index in [1.807, 2.05) is 0 Å². The lowest BCUT2D eigenvalue weighted by atomic mass is 9.84. The largest absolute Gasteiger partial charge is 0.372 e. The van der Waals surface area contributed by atoms with Gasteiger partial charge in [-0.25, -0.2) is 9.37 Å². The molecular weight excluding hydrogens is 269 g/mol. The summed E-state index contributed by atoms with van der Waals surface area (Å²) in [4.78, 5) is 16.3. The number of amides is 1. The average molecular weight is 291 g/mol. The van der Waals surface area contributed by atoms with Crippen LogP contribution in [0.15, 0.2) is 12.3 Å². The van der Waals surface area contributed by atoms with Gasteiger partial charge in [0.2, 0.25) is 0 Å². The highest BCUT2D eigenvalue weighted by Crippen LogP contribution is 2.49. The minimum atomic E-state index is -0.494. The Kier molecular flexibility index (Phi) is 3.83. The first-order valence-electron chi connectivity index (χ1n) is 7.72. The van der Waals surface area contributed by atoms with E-state index in [1.165, 1.54) is 31.7 Å². The Bertz CT molecular complexity index is 548. The van der Waals surface area contributed by atoms with E-state index in [1.54, 1.807) is 7.05 Å². The van der Waals surface area contributed by atoms with Crippen LogP contribution in [0.5, 0.6) is 0 Å². The lowest BCUT2D eigenvalue weighted by Gasteiger charge is -2.28. The Balaban J connectivity index is 1.70. The van der Waals surface area contributed by atoms with Crippen LogP contribution < -0.4 is 10.6 Å². The number of nitrogens with zero attached hydrogens (tertiary/aromatic N) is 1. The second kappa shape index (κ2) is 5.62. The molecule has 2 aliphatic rings. The maximum Gasteiger partial charge on any atom is 0.255 e. The predicted molar refractivity (Wildman–Crippen MR) is 79.6 cm³/mol. The second-order valence-corrected chi connectivity index (χ2v) is 6.40. The molecule has 0 saturated heterocycles. The van der Waals surface area contributed by atoms with Gasteiger partial charge in [-0.1, -0.05) is 6.42 Å². The summed E-state index contributed by atoms with van der Waals surface area (Å²) in [5.41, 5.74) is 0.271. The monoisotopic (exact) mass is 291 g/mol. The molecule has 2 fully saturated rings. The molecule has 0 aromatic carbocycles. The van der Waals surface area contributed by atoms with Gasteiger partial charge < -0.3 is 10.6 Å². The van der Waals surface area contributed by atoms with Crippen molar-refractivity contribution in [3.8, 4) is 0 Å². The molecule has 3 rings (SSSR count). The smallest absolute Gasteiger partial charge is 0.255 e. The van der Waals surface area contributed by atoms with E-state index in [9.17, 15) is 9.18 Å². The van der Waals surface area contributed by atoms with Gasteiger partial charge in [0.25, 0.3) is 5.91 Å². The number of pyridine rings is 1. The van der Waals surface area contributed by atoms with Crippen molar-refractivity contribution in [3.63, 3.8) is 0 Å². The van der Waals surface area contributed by atoms with Crippen LogP contribution >= 0.6 is 0 Å². The molecule has 2 saturated carbocycles. The number of hydrogen-bond acceptors (Lipinski definition) is 3. The zero-order valence-corrected chi connectivity index (χ0v) is 12.5. The van der Waals surface area contributed by atoms with Gasteiger partial charge in [-0.15, -0.1) is 0 Å². The molecule has 4 atom stereocenters. The zero-order valence-electron chi connectivity index (χ0n) is 12.5. The van der Waals surface area contributed by atoms with Crippen molar-refractivity contribution in [1.82, 2.24) is 10.3 Å². The molecule has 0 radical (unpaired) electrons. The van der Waals surface area contributed by atoms with Gasteiger partial charge in [-0.3, -0.25) is 4.79 Å². The molecule has 2 aliphatic carbocycles. The molecular formula is C16H22FN3O. The quantitative estimate of drug-likeness (QED) is 0.897. The van der Waals surface area contributed by atoms with Gasteiger partial charge in [0.1, 0.15) is 11.6 Å². The van der Waals surface area contributed by atoms with Crippen LogP contribution in [0.1, 0.15) is 43.0 Å². The van der Waals surface area contributed by atoms with E-state index in [-0.39, 0.29) is 17.5 Å². The lowest BCUT2D eigenvalue weighted by molar-refractivity contribution is 0.0915. The molecule has 0 aliphatic heterocycles. The summed E-state index contributed by atoms with van der Waals surface area (Å²) in [6, 6.07) is 1.36. The number of rotatable bonds is 4. The molecule has 2 N–H and O–H groups in total. The molecule has 2 bridgehead atoms. The summed E-state index contributed by atoms with van der Waals surface area (Å²) < 4.78 is 13.3. The van der Waals surface area contributed by atoms with E-state index < -0.39 is 5.82 Å². The number of nitrogens with one attached hydrogen (secondary N) is 2. The fraction of sp³-hybridized carbons (Fsp3) is 0.625. The first kappa shape index (κ1) is 14.3. The third kappa shape index (κ3) is 2.74. The van der Waals surface area contributed by atoms with Gasteiger partial charge in [0.05, 0.1) is 11.8 Å². The SMILES string of the molecule is CNc1ncc(F)cc1C(=O)NC(C)C1CC2CCC1C2. The maximum absolute atomic E-state index is 13.3. The topological polar surface area (TPSA) is 54.0 Å². The molecule has 5 heteroatoms. The number of aromatic nitrogens is 1. The van der Waals surface area contributed by atoms with Gasteiger partial charge in [0, 0.05) is 13.1 Å². The van der Waals surface area contributed by atoms with Crippen LogP contribution in [-0.2, 0) is 0 Å². The number of carbonyl (C=O) groups excluding carboxylic acids is 1. The standard InChI is InChI=1S/C16H22FN3O/c1-9(13-6-10-3-4-11(13)5-10)20-16(21)14-7-12(17)8-19-15(14)18-2/h7-11,13H,3-6H2,1-2H3,(H,18,19)(H,20,21). The van der Waals surface area contributed by atoms with Crippen molar-refractivity contribution < 1.29 is 9.18 Å². The number of fused-ring (bicyclic) bond motifs is 2. The molecule has 0 spiro atoms. The van der Waals surface area contributed by atoms with Crippen LogP contribution in [0.2, 0.25) is 0 Å². The van der Waals surface area contributed by atoms with Crippen molar-refractivity contribution in [3.05, 3.63) is 23.6 Å². The van der Waals surface area contributed by atoms with E-state index in [2.05, 4.69) is 22.5 Å². The maximum atomic E-state index is 13.3. The van der Waals surface area contributed by atoms with Crippen LogP contribution in [0.25, 0.3) is 0 Å². The normalized spacial score (nSPS) is 28.4. The average Bonchev–Trinajstić information content (AvgIpc) is 3.09. The summed E-state index contributed by atoms with van der Waals surface area (Å²) in [5, 5.41) is 5.87. The molecule has 1 amide bonds. The van der Waals surface area contributed by atoms with Gasteiger partial charge >= 0.3 is 0 Å². The van der Waals surface area contributed by atoms with Crippen molar-refractivity contribution in [1.29, 1.82) is 0 Å². The van der Waals surface area contributed by atoms with E-state index >= 15 is 0 Å². The Labute approximate surface area is 124 Å². The van der Waals surface area contributed by atoms with Crippen LogP contribution in [0, 0.1) is 23.6 Å². The fourth-order valence-electron chi connectivity index (χ4n) is 4.11. The Hall–Kier alpha value is -1.65. The van der Waals surface area contributed by atoms with E-state index in [0.29, 0.717) is 11.7 Å². The number of hydrogen-bond donors (Lipinski definition) is 2. The predicted octanol–water partition coefficient (Wildman–Crippen LogP) is 2.82. The number of carbonyl (C=O) groups is 1. The lowest BCUT2D eigenvalue weighted by Crippen LogP contribution is -2.40. The highest BCUT2D eigenvalue weighted by molar-refractivity contribution is 5.98. The first-order valence-corrected chi connectivity index (χ1v) is 7.72. The summed E-state index contributed by atoms with van der Waals surface area (Å²) in [6.07, 6.45) is 6.28. The Morgan fingerprint density at radius 1 is 1.43 bits per heavy atom. The Morgan fingerprint density at radius 2 is 2.24 bits per heavy atom. The third-order valence-corrected chi connectivity index (χ3v) is 5.13. The number of anilines is 1. The molecule has 1 heterocycles. The van der Waals surface area contributed by atoms with E-state index in [0.717, 1.165) is 18.0 Å². The molecule has 114 valence electrons. The zero-order chi connectivity index (χ0) is 15.0. The van der Waals surface area contributed by atoms with Crippen LogP contribution in [0.3, 0.4) is 0 Å². The number of halogens is 1. The third-order valence-electron chi connectivity index (χ3n) is 5.13. The molecule has 21 heavy (non-hydrogen) atoms. The van der Waals surface area contributed by atoms with Crippen molar-refractivity contribution in [2.45, 2.75) is 38.6 Å². The van der Waals surface area contributed by atoms with Gasteiger partial charge in [-0.2, -0.15) is 0 Å². The molecule has 4 unspecified atom stereocenters. The van der Waals surface area contributed by atoms with Crippen molar-refractivity contribution in [2.75, 3.05) is 12.4 Å². The molecule has 1 aromatic rings.